The van der Waals surface area contributed by atoms with Gasteiger partial charge in [0.25, 0.3) is 0 Å². The molecule has 0 saturated heterocycles. The predicted octanol–water partition coefficient (Wildman–Crippen LogP) is 1.44. The minimum atomic E-state index is -0.552. The zero-order chi connectivity index (χ0) is 14.5. The van der Waals surface area contributed by atoms with E-state index in [4.69, 9.17) is 4.74 Å². The van der Waals surface area contributed by atoms with Crippen LogP contribution in [0.3, 0.4) is 0 Å². The van der Waals surface area contributed by atoms with Crippen LogP contribution in [0.5, 0.6) is 0 Å². The molecule has 6 nitrogen and oxygen atoms in total. The van der Waals surface area contributed by atoms with Gasteiger partial charge in [0, 0.05) is 18.1 Å². The van der Waals surface area contributed by atoms with Gasteiger partial charge in [-0.2, -0.15) is 0 Å². The molecule has 1 aliphatic rings. The maximum atomic E-state index is 12.1. The molecule has 1 aromatic heterocycles. The van der Waals surface area contributed by atoms with Gasteiger partial charge in [-0.1, -0.05) is 12.7 Å². The molecular weight excluding hydrogens is 258 g/mol. The van der Waals surface area contributed by atoms with E-state index in [2.05, 4.69) is 22.2 Å². The minimum Gasteiger partial charge on any atom is -0.458 e. The lowest BCUT2D eigenvalue weighted by atomic mass is 9.96. The summed E-state index contributed by atoms with van der Waals surface area (Å²) in [5, 5.41) is 5.28. The summed E-state index contributed by atoms with van der Waals surface area (Å²) in [6.07, 6.45) is 4.70. The van der Waals surface area contributed by atoms with Gasteiger partial charge >= 0.3 is 12.0 Å². The van der Waals surface area contributed by atoms with E-state index in [-0.39, 0.29) is 12.6 Å². The van der Waals surface area contributed by atoms with E-state index in [1.807, 2.05) is 0 Å². The lowest BCUT2D eigenvalue weighted by Gasteiger charge is -2.27. The molecular formula is C14H15N3O3. The number of allylic oxidation sites excluding steroid dienone is 1. The monoisotopic (exact) mass is 273 g/mol. The van der Waals surface area contributed by atoms with Gasteiger partial charge in [-0.05, 0) is 24.6 Å². The van der Waals surface area contributed by atoms with Crippen molar-refractivity contribution in [3.63, 3.8) is 0 Å². The van der Waals surface area contributed by atoms with Gasteiger partial charge in [-0.15, -0.1) is 0 Å². The number of nitrogens with one attached hydrogen (secondary N) is 2. The largest absolute Gasteiger partial charge is 0.458 e. The van der Waals surface area contributed by atoms with E-state index in [1.54, 1.807) is 31.5 Å². The first-order chi connectivity index (χ1) is 9.63. The first-order valence-electron chi connectivity index (χ1n) is 6.09. The SMILES string of the molecule is C=CCOC(=O)C1=C(C)NC(=O)NC1c1ccncc1. The molecule has 0 radical (unpaired) electrons. The number of amides is 2. The van der Waals surface area contributed by atoms with Crippen molar-refractivity contribution in [3.05, 3.63) is 54.0 Å². The highest BCUT2D eigenvalue weighted by molar-refractivity contribution is 5.95. The molecule has 104 valence electrons. The topological polar surface area (TPSA) is 80.3 Å². The molecule has 0 aromatic carbocycles. The number of ether oxygens (including phenoxy) is 1. The number of hydrogen-bond donors (Lipinski definition) is 2. The van der Waals surface area contributed by atoms with Crippen molar-refractivity contribution in [2.24, 2.45) is 0 Å². The van der Waals surface area contributed by atoms with E-state index in [0.717, 1.165) is 5.56 Å². The maximum Gasteiger partial charge on any atom is 0.338 e. The number of rotatable bonds is 4. The Bertz CT molecular complexity index is 566. The van der Waals surface area contributed by atoms with Crippen LogP contribution in [0.15, 0.2) is 48.5 Å². The number of carbonyl (C=O) groups excluding carboxylic acids is 2. The van der Waals surface area contributed by atoms with Crippen LogP contribution in [0.25, 0.3) is 0 Å². The van der Waals surface area contributed by atoms with Crippen LogP contribution in [-0.4, -0.2) is 23.6 Å². The number of pyridine rings is 1. The van der Waals surface area contributed by atoms with Crippen molar-refractivity contribution >= 4 is 12.0 Å². The Hall–Kier alpha value is -2.63. The molecule has 0 saturated carbocycles. The molecule has 1 unspecified atom stereocenters. The molecule has 1 atom stereocenters. The molecule has 0 spiro atoms. The van der Waals surface area contributed by atoms with Gasteiger partial charge in [0.05, 0.1) is 11.6 Å². The summed E-state index contributed by atoms with van der Waals surface area (Å²) in [6.45, 7) is 5.28. The Morgan fingerprint density at radius 1 is 1.50 bits per heavy atom. The molecule has 0 bridgehead atoms. The van der Waals surface area contributed by atoms with E-state index in [0.29, 0.717) is 11.3 Å². The second-order valence-corrected chi connectivity index (χ2v) is 4.24. The van der Waals surface area contributed by atoms with Crippen LogP contribution in [-0.2, 0) is 9.53 Å². The van der Waals surface area contributed by atoms with Crippen molar-refractivity contribution in [1.29, 1.82) is 0 Å². The number of esters is 1. The summed E-state index contributed by atoms with van der Waals surface area (Å²) >= 11 is 0. The highest BCUT2D eigenvalue weighted by Crippen LogP contribution is 2.26. The van der Waals surface area contributed by atoms with Gasteiger partial charge in [0.1, 0.15) is 6.61 Å². The average Bonchev–Trinajstić information content (AvgIpc) is 2.45. The summed E-state index contributed by atoms with van der Waals surface area (Å²) in [5.41, 5.74) is 1.61. The normalized spacial score (nSPS) is 18.1. The molecule has 2 N–H and O–H groups in total. The summed E-state index contributed by atoms with van der Waals surface area (Å²) in [5.74, 6) is -0.489. The summed E-state index contributed by atoms with van der Waals surface area (Å²) < 4.78 is 5.07. The molecule has 6 heteroatoms. The average molecular weight is 273 g/mol. The quantitative estimate of drug-likeness (QED) is 0.642. The van der Waals surface area contributed by atoms with Crippen molar-refractivity contribution in [3.8, 4) is 0 Å². The first kappa shape index (κ1) is 13.8. The third-order valence-corrected chi connectivity index (χ3v) is 2.86. The summed E-state index contributed by atoms with van der Waals surface area (Å²) in [7, 11) is 0. The molecule has 1 aromatic rings. The zero-order valence-electron chi connectivity index (χ0n) is 11.1. The fourth-order valence-electron chi connectivity index (χ4n) is 1.98. The van der Waals surface area contributed by atoms with Crippen LogP contribution in [0.1, 0.15) is 18.5 Å². The maximum absolute atomic E-state index is 12.1. The first-order valence-corrected chi connectivity index (χ1v) is 6.09. The van der Waals surface area contributed by atoms with Gasteiger partial charge < -0.3 is 15.4 Å². The van der Waals surface area contributed by atoms with Crippen molar-refractivity contribution in [1.82, 2.24) is 15.6 Å². The van der Waals surface area contributed by atoms with E-state index >= 15 is 0 Å². The summed E-state index contributed by atoms with van der Waals surface area (Å²) in [6, 6.07) is 2.57. The van der Waals surface area contributed by atoms with Gasteiger partial charge in [0.2, 0.25) is 0 Å². The number of aromatic nitrogens is 1. The van der Waals surface area contributed by atoms with E-state index < -0.39 is 12.0 Å². The minimum absolute atomic E-state index is 0.118. The van der Waals surface area contributed by atoms with Crippen LogP contribution >= 0.6 is 0 Å². The molecule has 1 aliphatic heterocycles. The van der Waals surface area contributed by atoms with Gasteiger partial charge in [0.15, 0.2) is 0 Å². The fraction of sp³-hybridized carbons (Fsp3) is 0.214. The lowest BCUT2D eigenvalue weighted by Crippen LogP contribution is -2.45. The lowest BCUT2D eigenvalue weighted by molar-refractivity contribution is -0.138. The molecule has 0 fully saturated rings. The Morgan fingerprint density at radius 2 is 2.20 bits per heavy atom. The third-order valence-electron chi connectivity index (χ3n) is 2.86. The van der Waals surface area contributed by atoms with Crippen LogP contribution in [0, 0.1) is 0 Å². The van der Waals surface area contributed by atoms with Crippen LogP contribution in [0.4, 0.5) is 4.79 Å². The second kappa shape index (κ2) is 6.01. The fourth-order valence-corrected chi connectivity index (χ4v) is 1.98. The smallest absolute Gasteiger partial charge is 0.338 e. The van der Waals surface area contributed by atoms with E-state index in [9.17, 15) is 9.59 Å². The molecule has 0 aliphatic carbocycles. The Balaban J connectivity index is 2.36. The van der Waals surface area contributed by atoms with Gasteiger partial charge in [-0.25, -0.2) is 9.59 Å². The number of carbonyl (C=O) groups is 2. The zero-order valence-corrected chi connectivity index (χ0v) is 11.1. The van der Waals surface area contributed by atoms with Crippen molar-refractivity contribution < 1.29 is 14.3 Å². The highest BCUT2D eigenvalue weighted by atomic mass is 16.5. The molecule has 2 amide bonds. The van der Waals surface area contributed by atoms with Gasteiger partial charge in [-0.3, -0.25) is 4.98 Å². The van der Waals surface area contributed by atoms with E-state index in [1.165, 1.54) is 6.08 Å². The Labute approximate surface area is 116 Å². The molecule has 2 heterocycles. The molecule has 2 rings (SSSR count). The number of hydrogen-bond acceptors (Lipinski definition) is 4. The number of nitrogens with zero attached hydrogens (tertiary/aromatic N) is 1. The standard InChI is InChI=1S/C14H15N3O3/c1-3-8-20-13(18)11-9(2)16-14(19)17-12(11)10-4-6-15-7-5-10/h3-7,12H,1,8H2,2H3,(H2,16,17,19). The highest BCUT2D eigenvalue weighted by Gasteiger charge is 2.31. The number of urea groups is 1. The Kier molecular flexibility index (Phi) is 4.14. The van der Waals surface area contributed by atoms with Crippen LogP contribution in [0.2, 0.25) is 0 Å². The molecule has 20 heavy (non-hydrogen) atoms. The third kappa shape index (κ3) is 2.85. The van der Waals surface area contributed by atoms with Crippen LogP contribution < -0.4 is 10.6 Å². The van der Waals surface area contributed by atoms with Crippen molar-refractivity contribution in [2.45, 2.75) is 13.0 Å². The summed E-state index contributed by atoms with van der Waals surface area (Å²) in [4.78, 5) is 27.6. The predicted molar refractivity (Wildman–Crippen MR) is 72.5 cm³/mol. The second-order valence-electron chi connectivity index (χ2n) is 4.24. The van der Waals surface area contributed by atoms with Crippen molar-refractivity contribution in [2.75, 3.05) is 6.61 Å². The Morgan fingerprint density at radius 3 is 2.85 bits per heavy atom.